The van der Waals surface area contributed by atoms with Crippen LogP contribution in [-0.2, 0) is 27.1 Å². The van der Waals surface area contributed by atoms with Crippen LogP contribution < -0.4 is 4.90 Å². The number of ether oxygens (including phenoxy) is 2. The van der Waals surface area contributed by atoms with Crippen molar-refractivity contribution in [1.29, 1.82) is 0 Å². The fraction of sp³-hybridized carbons (Fsp3) is 0.576. The molecule has 2 saturated heterocycles. The molecule has 0 N–H and O–H groups in total. The number of carbonyl (C=O) groups excluding carboxylic acids is 3. The number of nitrogens with zero attached hydrogens (tertiary/aromatic N) is 5. The predicted molar refractivity (Wildman–Crippen MR) is 164 cm³/mol. The zero-order chi connectivity index (χ0) is 30.6. The van der Waals surface area contributed by atoms with Crippen molar-refractivity contribution in [2.24, 2.45) is 0 Å². The first-order chi connectivity index (χ1) is 20.6. The molecule has 5 rings (SSSR count). The average Bonchev–Trinajstić information content (AvgIpc) is 3.23. The first kappa shape index (κ1) is 30.8. The summed E-state index contributed by atoms with van der Waals surface area (Å²) in [5.74, 6) is -0.206. The summed E-state index contributed by atoms with van der Waals surface area (Å²) in [5.41, 5.74) is 3.81. The molecule has 1 aromatic heterocycles. The zero-order valence-electron chi connectivity index (χ0n) is 26.0. The number of benzene rings is 1. The first-order valence-electron chi connectivity index (χ1n) is 15.6. The van der Waals surface area contributed by atoms with Crippen molar-refractivity contribution >= 4 is 23.8 Å². The molecule has 0 spiro atoms. The normalized spacial score (nSPS) is 19.2. The molecule has 2 fully saturated rings. The van der Waals surface area contributed by atoms with Gasteiger partial charge in [-0.25, -0.2) is 9.59 Å². The molecule has 10 nitrogen and oxygen atoms in total. The standard InChI is InChI=1S/C33H45N5O5/c1-5-42-30(39)22-29(26-7-6-14-34-23-26)35-17-12-27(13-18-35)37-19-20-38(31(37)40)28-9-8-24-10-15-36(16-11-25(24)21-28)32(41)43-33(2,3)4/h6-9,14,21,23,27,29H,5,10-13,15-20,22H2,1-4H3. The Kier molecular flexibility index (Phi) is 9.54. The van der Waals surface area contributed by atoms with E-state index in [0.717, 1.165) is 50.0 Å². The molecule has 1 atom stereocenters. The molecule has 0 bridgehead atoms. The Morgan fingerprint density at radius 1 is 1.00 bits per heavy atom. The maximum Gasteiger partial charge on any atom is 0.410 e. The number of hydrogen-bond acceptors (Lipinski definition) is 7. The molecule has 2 aromatic rings. The second-order valence-corrected chi connectivity index (χ2v) is 12.6. The zero-order valence-corrected chi connectivity index (χ0v) is 26.0. The number of rotatable bonds is 7. The van der Waals surface area contributed by atoms with E-state index < -0.39 is 5.60 Å². The number of carbonyl (C=O) groups is 3. The molecule has 43 heavy (non-hydrogen) atoms. The molecule has 4 heterocycles. The lowest BCUT2D eigenvalue weighted by atomic mass is 9.97. The minimum absolute atomic E-state index is 0.0535. The van der Waals surface area contributed by atoms with Crippen LogP contribution >= 0.6 is 0 Å². The molecule has 0 radical (unpaired) electrons. The van der Waals surface area contributed by atoms with Crippen molar-refractivity contribution in [3.05, 3.63) is 59.4 Å². The summed E-state index contributed by atoms with van der Waals surface area (Å²) in [4.78, 5) is 51.0. The van der Waals surface area contributed by atoms with Gasteiger partial charge in [0.2, 0.25) is 0 Å². The summed E-state index contributed by atoms with van der Waals surface area (Å²) in [6, 6.07) is 10.3. The Labute approximate surface area is 254 Å². The summed E-state index contributed by atoms with van der Waals surface area (Å²) >= 11 is 0. The van der Waals surface area contributed by atoms with Gasteiger partial charge in [0.25, 0.3) is 0 Å². The van der Waals surface area contributed by atoms with Crippen molar-refractivity contribution in [2.45, 2.75) is 77.5 Å². The maximum atomic E-state index is 13.7. The second-order valence-electron chi connectivity index (χ2n) is 12.6. The number of fused-ring (bicyclic) bond motifs is 1. The lowest BCUT2D eigenvalue weighted by Gasteiger charge is -2.40. The van der Waals surface area contributed by atoms with Crippen LogP contribution in [0.1, 0.15) is 69.7 Å². The van der Waals surface area contributed by atoms with E-state index in [0.29, 0.717) is 32.8 Å². The highest BCUT2D eigenvalue weighted by Crippen LogP contribution is 2.32. The van der Waals surface area contributed by atoms with Gasteiger partial charge in [0.15, 0.2) is 0 Å². The summed E-state index contributed by atoms with van der Waals surface area (Å²) in [7, 11) is 0. The van der Waals surface area contributed by atoms with Gasteiger partial charge >= 0.3 is 18.1 Å². The largest absolute Gasteiger partial charge is 0.466 e. The highest BCUT2D eigenvalue weighted by atomic mass is 16.6. The van der Waals surface area contributed by atoms with E-state index in [9.17, 15) is 14.4 Å². The van der Waals surface area contributed by atoms with E-state index in [2.05, 4.69) is 22.0 Å². The molecular formula is C33H45N5O5. The molecule has 3 amide bonds. The highest BCUT2D eigenvalue weighted by molar-refractivity contribution is 5.94. The van der Waals surface area contributed by atoms with Gasteiger partial charge in [-0.05, 0) is 88.3 Å². The summed E-state index contributed by atoms with van der Waals surface area (Å²) in [6.45, 7) is 12.0. The van der Waals surface area contributed by atoms with Crippen LogP contribution in [0, 0.1) is 0 Å². The lowest BCUT2D eigenvalue weighted by Crippen LogP contribution is -2.47. The third-order valence-electron chi connectivity index (χ3n) is 8.61. The van der Waals surface area contributed by atoms with Crippen molar-refractivity contribution in [1.82, 2.24) is 19.7 Å². The molecule has 1 unspecified atom stereocenters. The Morgan fingerprint density at radius 3 is 2.42 bits per heavy atom. The van der Waals surface area contributed by atoms with Crippen molar-refractivity contribution in [3.63, 3.8) is 0 Å². The highest BCUT2D eigenvalue weighted by Gasteiger charge is 2.38. The van der Waals surface area contributed by atoms with Gasteiger partial charge in [0.05, 0.1) is 13.0 Å². The molecular weight excluding hydrogens is 546 g/mol. The molecule has 3 aliphatic heterocycles. The molecule has 10 heteroatoms. The number of aromatic nitrogens is 1. The van der Waals surface area contributed by atoms with Crippen LogP contribution in [0.2, 0.25) is 0 Å². The Hall–Kier alpha value is -3.66. The first-order valence-corrected chi connectivity index (χ1v) is 15.6. The number of urea groups is 1. The van der Waals surface area contributed by atoms with E-state index >= 15 is 0 Å². The number of likely N-dealkylation sites (tertiary alicyclic amines) is 1. The van der Waals surface area contributed by atoms with Gasteiger partial charge in [-0.15, -0.1) is 0 Å². The summed E-state index contributed by atoms with van der Waals surface area (Å²) < 4.78 is 10.9. The topological polar surface area (TPSA) is 95.5 Å². The number of anilines is 1. The number of piperidine rings is 1. The van der Waals surface area contributed by atoms with E-state index in [4.69, 9.17) is 9.47 Å². The summed E-state index contributed by atoms with van der Waals surface area (Å²) in [5, 5.41) is 0. The smallest absolute Gasteiger partial charge is 0.410 e. The van der Waals surface area contributed by atoms with Crippen molar-refractivity contribution in [2.75, 3.05) is 50.8 Å². The number of hydrogen-bond donors (Lipinski definition) is 0. The average molecular weight is 592 g/mol. The Morgan fingerprint density at radius 2 is 1.74 bits per heavy atom. The monoisotopic (exact) mass is 591 g/mol. The minimum atomic E-state index is -0.522. The van der Waals surface area contributed by atoms with Crippen LogP contribution in [0.25, 0.3) is 0 Å². The van der Waals surface area contributed by atoms with Crippen LogP contribution in [0.15, 0.2) is 42.7 Å². The van der Waals surface area contributed by atoms with E-state index in [1.165, 1.54) is 11.1 Å². The van der Waals surface area contributed by atoms with E-state index in [1.807, 2.05) is 61.9 Å². The molecule has 0 saturated carbocycles. The van der Waals surface area contributed by atoms with Gasteiger partial charge in [0, 0.05) is 69.4 Å². The van der Waals surface area contributed by atoms with Gasteiger partial charge in [0.1, 0.15) is 5.60 Å². The van der Waals surface area contributed by atoms with Gasteiger partial charge in [-0.1, -0.05) is 12.1 Å². The van der Waals surface area contributed by atoms with Gasteiger partial charge in [-0.3, -0.25) is 19.6 Å². The predicted octanol–water partition coefficient (Wildman–Crippen LogP) is 4.82. The molecule has 232 valence electrons. The SMILES string of the molecule is CCOC(=O)CC(c1cccnc1)N1CCC(N2CCN(c3ccc4c(c3)CCN(C(=O)OC(C)(C)C)CC4)C2=O)CC1. The maximum absolute atomic E-state index is 13.7. The van der Waals surface area contributed by atoms with Crippen LogP contribution in [0.4, 0.5) is 15.3 Å². The van der Waals surface area contributed by atoms with E-state index in [-0.39, 0.29) is 36.6 Å². The molecule has 0 aliphatic carbocycles. The molecule has 3 aliphatic rings. The minimum Gasteiger partial charge on any atom is -0.466 e. The Bertz CT molecular complexity index is 1290. The lowest BCUT2D eigenvalue weighted by molar-refractivity contribution is -0.144. The molecule has 1 aromatic carbocycles. The number of esters is 1. The fourth-order valence-corrected chi connectivity index (χ4v) is 6.44. The fourth-order valence-electron chi connectivity index (χ4n) is 6.44. The third-order valence-corrected chi connectivity index (χ3v) is 8.61. The quantitative estimate of drug-likeness (QED) is 0.426. The van der Waals surface area contributed by atoms with Crippen LogP contribution in [0.3, 0.4) is 0 Å². The van der Waals surface area contributed by atoms with Gasteiger partial charge in [-0.2, -0.15) is 0 Å². The van der Waals surface area contributed by atoms with Gasteiger partial charge < -0.3 is 19.3 Å². The number of amides is 3. The Balaban J connectivity index is 1.19. The number of pyridine rings is 1. The second kappa shape index (κ2) is 13.3. The van der Waals surface area contributed by atoms with Crippen molar-refractivity contribution < 1.29 is 23.9 Å². The summed E-state index contributed by atoms with van der Waals surface area (Å²) in [6.07, 6.45) is 6.78. The van der Waals surface area contributed by atoms with Crippen molar-refractivity contribution in [3.8, 4) is 0 Å². The third kappa shape index (κ3) is 7.47. The van der Waals surface area contributed by atoms with Crippen LogP contribution in [0.5, 0.6) is 0 Å². The van der Waals surface area contributed by atoms with E-state index in [1.54, 1.807) is 11.1 Å². The van der Waals surface area contributed by atoms with Crippen LogP contribution in [-0.4, -0.2) is 95.3 Å².